The summed E-state index contributed by atoms with van der Waals surface area (Å²) in [6.07, 6.45) is 1.89. The molecule has 3 unspecified atom stereocenters. The van der Waals surface area contributed by atoms with Crippen LogP contribution in [0.15, 0.2) is 18.2 Å². The highest BCUT2D eigenvalue weighted by Crippen LogP contribution is 2.24. The standard InChI is InChI=1S/C16H25FN2O/c1-4-14(18)7-13-5-6-16(15(17)8-13)19-9-11(2)20-12(3)10-19/h5-6,8,11-12,14H,4,7,9-10,18H2,1-3H3. The van der Waals surface area contributed by atoms with E-state index in [4.69, 9.17) is 10.5 Å². The third-order valence-electron chi connectivity index (χ3n) is 3.79. The van der Waals surface area contributed by atoms with E-state index < -0.39 is 0 Å². The minimum atomic E-state index is -0.160. The molecule has 1 saturated heterocycles. The van der Waals surface area contributed by atoms with Crippen LogP contribution in [-0.4, -0.2) is 31.3 Å². The van der Waals surface area contributed by atoms with Gasteiger partial charge < -0.3 is 15.4 Å². The maximum atomic E-state index is 14.3. The van der Waals surface area contributed by atoms with E-state index in [9.17, 15) is 4.39 Å². The Balaban J connectivity index is 2.13. The number of halogens is 1. The van der Waals surface area contributed by atoms with Gasteiger partial charge in [0.25, 0.3) is 0 Å². The van der Waals surface area contributed by atoms with Gasteiger partial charge in [-0.1, -0.05) is 13.0 Å². The normalized spacial score (nSPS) is 24.8. The molecule has 1 fully saturated rings. The Morgan fingerprint density at radius 1 is 1.35 bits per heavy atom. The van der Waals surface area contributed by atoms with Crippen LogP contribution in [0.4, 0.5) is 10.1 Å². The number of hydrogen-bond acceptors (Lipinski definition) is 3. The number of ether oxygens (including phenoxy) is 1. The van der Waals surface area contributed by atoms with Gasteiger partial charge in [-0.2, -0.15) is 0 Å². The van der Waals surface area contributed by atoms with E-state index in [1.54, 1.807) is 6.07 Å². The quantitative estimate of drug-likeness (QED) is 0.921. The first-order valence-electron chi connectivity index (χ1n) is 7.44. The Hall–Kier alpha value is -1.13. The molecule has 2 N–H and O–H groups in total. The van der Waals surface area contributed by atoms with Crippen molar-refractivity contribution >= 4 is 5.69 Å². The summed E-state index contributed by atoms with van der Waals surface area (Å²) >= 11 is 0. The fourth-order valence-electron chi connectivity index (χ4n) is 2.76. The van der Waals surface area contributed by atoms with Crippen LogP contribution in [0.2, 0.25) is 0 Å². The molecule has 0 amide bonds. The summed E-state index contributed by atoms with van der Waals surface area (Å²) in [4.78, 5) is 2.07. The maximum absolute atomic E-state index is 14.3. The summed E-state index contributed by atoms with van der Waals surface area (Å²) in [6.45, 7) is 7.56. The molecule has 1 aliphatic rings. The van der Waals surface area contributed by atoms with Crippen molar-refractivity contribution in [2.24, 2.45) is 5.73 Å². The molecule has 3 nitrogen and oxygen atoms in total. The van der Waals surface area contributed by atoms with E-state index in [1.165, 1.54) is 0 Å². The van der Waals surface area contributed by atoms with Crippen molar-refractivity contribution in [3.8, 4) is 0 Å². The second kappa shape index (κ2) is 6.55. The van der Waals surface area contributed by atoms with Crippen LogP contribution >= 0.6 is 0 Å². The number of anilines is 1. The van der Waals surface area contributed by atoms with Crippen molar-refractivity contribution in [2.75, 3.05) is 18.0 Å². The first-order chi connectivity index (χ1) is 9.49. The average Bonchev–Trinajstić information content (AvgIpc) is 2.37. The highest BCUT2D eigenvalue weighted by Gasteiger charge is 2.24. The fourth-order valence-corrected chi connectivity index (χ4v) is 2.76. The minimum absolute atomic E-state index is 0.101. The molecule has 1 heterocycles. The van der Waals surface area contributed by atoms with Crippen LogP contribution in [-0.2, 0) is 11.2 Å². The Morgan fingerprint density at radius 3 is 2.55 bits per heavy atom. The van der Waals surface area contributed by atoms with Crippen LogP contribution in [0.1, 0.15) is 32.8 Å². The van der Waals surface area contributed by atoms with E-state index >= 15 is 0 Å². The summed E-state index contributed by atoms with van der Waals surface area (Å²) < 4.78 is 20.0. The zero-order valence-electron chi connectivity index (χ0n) is 12.6. The lowest BCUT2D eigenvalue weighted by atomic mass is 10.0. The molecular formula is C16H25FN2O. The molecule has 0 aromatic heterocycles. The van der Waals surface area contributed by atoms with E-state index in [0.717, 1.165) is 31.5 Å². The van der Waals surface area contributed by atoms with E-state index in [2.05, 4.69) is 4.90 Å². The van der Waals surface area contributed by atoms with Crippen LogP contribution in [0.25, 0.3) is 0 Å². The molecule has 1 aliphatic heterocycles. The Bertz CT molecular complexity index is 442. The number of hydrogen-bond donors (Lipinski definition) is 1. The Labute approximate surface area is 120 Å². The molecule has 4 heteroatoms. The number of nitrogens with two attached hydrogens (primary N) is 1. The molecule has 0 saturated carbocycles. The number of benzene rings is 1. The summed E-state index contributed by atoms with van der Waals surface area (Å²) in [5.74, 6) is -0.160. The van der Waals surface area contributed by atoms with Crippen molar-refractivity contribution in [2.45, 2.75) is 51.9 Å². The van der Waals surface area contributed by atoms with Gasteiger partial charge in [0.05, 0.1) is 17.9 Å². The molecule has 112 valence electrons. The third-order valence-corrected chi connectivity index (χ3v) is 3.79. The second-order valence-corrected chi connectivity index (χ2v) is 5.82. The number of nitrogens with zero attached hydrogens (tertiary/aromatic N) is 1. The van der Waals surface area contributed by atoms with Gasteiger partial charge in [-0.05, 0) is 44.4 Å². The lowest BCUT2D eigenvalue weighted by Crippen LogP contribution is -2.45. The van der Waals surface area contributed by atoms with Gasteiger partial charge in [0, 0.05) is 19.1 Å². The minimum Gasteiger partial charge on any atom is -0.372 e. The van der Waals surface area contributed by atoms with E-state index in [0.29, 0.717) is 5.69 Å². The predicted molar refractivity (Wildman–Crippen MR) is 80.6 cm³/mol. The molecule has 0 radical (unpaired) electrons. The van der Waals surface area contributed by atoms with Crippen molar-refractivity contribution < 1.29 is 9.13 Å². The van der Waals surface area contributed by atoms with Crippen LogP contribution in [0, 0.1) is 5.82 Å². The zero-order chi connectivity index (χ0) is 14.7. The van der Waals surface area contributed by atoms with Crippen LogP contribution < -0.4 is 10.6 Å². The van der Waals surface area contributed by atoms with Crippen molar-refractivity contribution in [3.63, 3.8) is 0 Å². The lowest BCUT2D eigenvalue weighted by molar-refractivity contribution is -0.00539. The smallest absolute Gasteiger partial charge is 0.146 e. The van der Waals surface area contributed by atoms with E-state index in [-0.39, 0.29) is 24.1 Å². The molecule has 0 spiro atoms. The first-order valence-corrected chi connectivity index (χ1v) is 7.44. The summed E-state index contributed by atoms with van der Waals surface area (Å²) in [5, 5.41) is 0. The van der Waals surface area contributed by atoms with Crippen molar-refractivity contribution in [3.05, 3.63) is 29.6 Å². The van der Waals surface area contributed by atoms with Gasteiger partial charge in [-0.3, -0.25) is 0 Å². The zero-order valence-corrected chi connectivity index (χ0v) is 12.6. The molecule has 1 aromatic carbocycles. The number of rotatable bonds is 4. The molecule has 0 bridgehead atoms. The second-order valence-electron chi connectivity index (χ2n) is 5.82. The molecule has 2 rings (SSSR count). The molecule has 0 aliphatic carbocycles. The van der Waals surface area contributed by atoms with Gasteiger partial charge in [0.1, 0.15) is 5.82 Å². The van der Waals surface area contributed by atoms with Gasteiger partial charge in [-0.25, -0.2) is 4.39 Å². The highest BCUT2D eigenvalue weighted by molar-refractivity contribution is 5.50. The summed E-state index contributed by atoms with van der Waals surface area (Å²) in [5.41, 5.74) is 7.56. The van der Waals surface area contributed by atoms with Crippen LogP contribution in [0.3, 0.4) is 0 Å². The van der Waals surface area contributed by atoms with Gasteiger partial charge in [0.15, 0.2) is 0 Å². The third kappa shape index (κ3) is 3.70. The van der Waals surface area contributed by atoms with Crippen molar-refractivity contribution in [1.82, 2.24) is 0 Å². The summed E-state index contributed by atoms with van der Waals surface area (Å²) in [7, 11) is 0. The highest BCUT2D eigenvalue weighted by atomic mass is 19.1. The van der Waals surface area contributed by atoms with Gasteiger partial charge in [-0.15, -0.1) is 0 Å². The average molecular weight is 280 g/mol. The Morgan fingerprint density at radius 2 is 2.00 bits per heavy atom. The number of morpholine rings is 1. The first kappa shape index (κ1) is 15.3. The molecule has 1 aromatic rings. The lowest BCUT2D eigenvalue weighted by Gasteiger charge is -2.37. The largest absolute Gasteiger partial charge is 0.372 e. The topological polar surface area (TPSA) is 38.5 Å². The summed E-state index contributed by atoms with van der Waals surface area (Å²) in [6, 6.07) is 5.58. The molecule has 3 atom stereocenters. The predicted octanol–water partition coefficient (Wildman–Crippen LogP) is 2.72. The Kier molecular flexibility index (Phi) is 5.00. The SMILES string of the molecule is CCC(N)Cc1ccc(N2CC(C)OC(C)C2)c(F)c1. The van der Waals surface area contributed by atoms with E-state index in [1.807, 2.05) is 32.9 Å². The maximum Gasteiger partial charge on any atom is 0.146 e. The molecular weight excluding hydrogens is 255 g/mol. The monoisotopic (exact) mass is 280 g/mol. The van der Waals surface area contributed by atoms with Gasteiger partial charge in [0.2, 0.25) is 0 Å². The van der Waals surface area contributed by atoms with Crippen molar-refractivity contribution in [1.29, 1.82) is 0 Å². The van der Waals surface area contributed by atoms with Gasteiger partial charge >= 0.3 is 0 Å². The van der Waals surface area contributed by atoms with Crippen LogP contribution in [0.5, 0.6) is 0 Å². The molecule has 20 heavy (non-hydrogen) atoms. The fraction of sp³-hybridized carbons (Fsp3) is 0.625.